The van der Waals surface area contributed by atoms with Gasteiger partial charge in [-0.2, -0.15) is 5.10 Å². The molecule has 0 aliphatic heterocycles. The van der Waals surface area contributed by atoms with Gasteiger partial charge >= 0.3 is 0 Å². The number of sulfonamides is 1. The zero-order valence-electron chi connectivity index (χ0n) is 19.6. The van der Waals surface area contributed by atoms with Crippen molar-refractivity contribution in [3.05, 3.63) is 59.6 Å². The van der Waals surface area contributed by atoms with E-state index in [0.717, 1.165) is 35.7 Å². The number of carbonyl (C=O) groups excluding carboxylic acids is 1. The molecule has 184 valence electrons. The van der Waals surface area contributed by atoms with Crippen molar-refractivity contribution in [2.24, 2.45) is 5.10 Å². The molecule has 1 aliphatic rings. The molecule has 8 heteroatoms. The van der Waals surface area contributed by atoms with Gasteiger partial charge in [-0.1, -0.05) is 74.7 Å². The first-order valence-corrected chi connectivity index (χ1v) is 14.0. The van der Waals surface area contributed by atoms with Crippen molar-refractivity contribution in [3.63, 3.8) is 0 Å². The van der Waals surface area contributed by atoms with E-state index >= 15 is 0 Å². The number of hydrogen-bond donors (Lipinski definition) is 1. The van der Waals surface area contributed by atoms with Crippen LogP contribution < -0.4 is 9.73 Å². The molecule has 6 nitrogen and oxygen atoms in total. The summed E-state index contributed by atoms with van der Waals surface area (Å²) in [5.74, 6) is -0.472. The van der Waals surface area contributed by atoms with Crippen LogP contribution >= 0.6 is 11.6 Å². The van der Waals surface area contributed by atoms with Gasteiger partial charge in [-0.25, -0.2) is 13.8 Å². The summed E-state index contributed by atoms with van der Waals surface area (Å²) < 4.78 is 27.8. The zero-order valence-corrected chi connectivity index (χ0v) is 21.2. The molecule has 34 heavy (non-hydrogen) atoms. The molecule has 2 aromatic carbocycles. The van der Waals surface area contributed by atoms with E-state index in [4.69, 9.17) is 11.6 Å². The van der Waals surface area contributed by atoms with Crippen LogP contribution in [-0.2, 0) is 14.8 Å². The number of amides is 1. The summed E-state index contributed by atoms with van der Waals surface area (Å²) in [4.78, 5) is 12.9. The van der Waals surface area contributed by atoms with Gasteiger partial charge in [-0.15, -0.1) is 0 Å². The highest BCUT2D eigenvalue weighted by atomic mass is 35.5. The van der Waals surface area contributed by atoms with E-state index in [1.807, 2.05) is 0 Å². The number of benzene rings is 2. The van der Waals surface area contributed by atoms with Crippen LogP contribution in [0.5, 0.6) is 0 Å². The molecule has 0 spiro atoms. The Balaban J connectivity index is 1.72. The first-order valence-electron chi connectivity index (χ1n) is 12.1. The number of hydrazone groups is 1. The zero-order chi connectivity index (χ0) is 24.2. The van der Waals surface area contributed by atoms with E-state index in [-0.39, 0.29) is 11.4 Å². The van der Waals surface area contributed by atoms with Crippen molar-refractivity contribution in [2.45, 2.75) is 75.5 Å². The van der Waals surface area contributed by atoms with Gasteiger partial charge in [-0.3, -0.25) is 9.10 Å². The Morgan fingerprint density at radius 1 is 0.824 bits per heavy atom. The van der Waals surface area contributed by atoms with Crippen LogP contribution in [0.2, 0.25) is 5.02 Å². The van der Waals surface area contributed by atoms with Gasteiger partial charge in [0.1, 0.15) is 6.54 Å². The first-order chi connectivity index (χ1) is 16.5. The maximum atomic E-state index is 13.4. The lowest BCUT2D eigenvalue weighted by atomic mass is 10.00. The van der Waals surface area contributed by atoms with Crippen molar-refractivity contribution < 1.29 is 13.2 Å². The second-order valence-corrected chi connectivity index (χ2v) is 11.0. The van der Waals surface area contributed by atoms with Crippen LogP contribution in [0.3, 0.4) is 0 Å². The van der Waals surface area contributed by atoms with Gasteiger partial charge in [0.25, 0.3) is 15.9 Å². The second kappa shape index (κ2) is 13.5. The quantitative estimate of drug-likeness (QED) is 0.469. The summed E-state index contributed by atoms with van der Waals surface area (Å²) >= 11 is 5.93. The lowest BCUT2D eigenvalue weighted by Gasteiger charge is -2.23. The minimum atomic E-state index is -3.97. The van der Waals surface area contributed by atoms with E-state index < -0.39 is 15.9 Å². The highest BCUT2D eigenvalue weighted by molar-refractivity contribution is 7.92. The van der Waals surface area contributed by atoms with Crippen LogP contribution in [0.4, 0.5) is 5.69 Å². The Labute approximate surface area is 208 Å². The van der Waals surface area contributed by atoms with Crippen molar-refractivity contribution in [2.75, 3.05) is 10.8 Å². The largest absolute Gasteiger partial charge is 0.271 e. The van der Waals surface area contributed by atoms with Gasteiger partial charge in [0.2, 0.25) is 0 Å². The standard InChI is InChI=1S/C26H34ClN3O3S/c27-22-17-19-25(20-18-22)34(32,33)30(24-15-11-8-12-16-24)21-26(31)29-28-23-13-9-6-4-2-1-3-5-7-10-14-23/h8,11-12,15-20H,1-7,9-10,13-14,21H2,(H,29,31). The smallest absolute Gasteiger partial charge is 0.264 e. The Hall–Kier alpha value is -2.38. The van der Waals surface area contributed by atoms with E-state index in [0.29, 0.717) is 10.7 Å². The number of anilines is 1. The number of nitrogens with zero attached hydrogens (tertiary/aromatic N) is 2. The number of nitrogens with one attached hydrogen (secondary N) is 1. The molecule has 2 aromatic rings. The molecular formula is C26H34ClN3O3S. The molecule has 0 bridgehead atoms. The Kier molecular flexibility index (Phi) is 10.4. The molecule has 1 fully saturated rings. The van der Waals surface area contributed by atoms with Gasteiger partial charge < -0.3 is 0 Å². The fourth-order valence-corrected chi connectivity index (χ4v) is 5.63. The summed E-state index contributed by atoms with van der Waals surface area (Å²) in [6, 6.07) is 14.5. The molecule has 3 rings (SSSR count). The van der Waals surface area contributed by atoms with Crippen LogP contribution in [0.1, 0.15) is 70.6 Å². The summed E-state index contributed by atoms with van der Waals surface area (Å²) in [6.45, 7) is -0.369. The van der Waals surface area contributed by atoms with Crippen molar-refractivity contribution >= 4 is 38.9 Å². The van der Waals surface area contributed by atoms with Crippen molar-refractivity contribution in [1.29, 1.82) is 0 Å². The highest BCUT2D eigenvalue weighted by Crippen LogP contribution is 2.24. The summed E-state index contributed by atoms with van der Waals surface area (Å²) in [6.07, 6.45) is 12.6. The van der Waals surface area contributed by atoms with Crippen LogP contribution in [0, 0.1) is 0 Å². The minimum absolute atomic E-state index is 0.0687. The predicted molar refractivity (Wildman–Crippen MR) is 139 cm³/mol. The van der Waals surface area contributed by atoms with E-state index in [1.165, 1.54) is 69.2 Å². The average Bonchev–Trinajstić information content (AvgIpc) is 2.83. The lowest BCUT2D eigenvalue weighted by Crippen LogP contribution is -2.39. The van der Waals surface area contributed by atoms with Crippen LogP contribution in [-0.4, -0.2) is 26.6 Å². The van der Waals surface area contributed by atoms with Crippen LogP contribution in [0.25, 0.3) is 0 Å². The lowest BCUT2D eigenvalue weighted by molar-refractivity contribution is -0.119. The number of para-hydroxylation sites is 1. The molecule has 1 amide bonds. The van der Waals surface area contributed by atoms with Gasteiger partial charge in [0.05, 0.1) is 10.6 Å². The summed E-state index contributed by atoms with van der Waals surface area (Å²) in [5.41, 5.74) is 4.01. The van der Waals surface area contributed by atoms with Crippen molar-refractivity contribution in [3.8, 4) is 0 Å². The highest BCUT2D eigenvalue weighted by Gasteiger charge is 2.27. The predicted octanol–water partition coefficient (Wildman–Crippen LogP) is 6.31. The maximum Gasteiger partial charge on any atom is 0.264 e. The first kappa shape index (κ1) is 26.2. The third-order valence-electron chi connectivity index (χ3n) is 6.00. The summed E-state index contributed by atoms with van der Waals surface area (Å²) in [5, 5.41) is 4.84. The fourth-order valence-electron chi connectivity index (χ4n) is 4.08. The molecule has 0 atom stereocenters. The third kappa shape index (κ3) is 8.13. The van der Waals surface area contributed by atoms with Gasteiger partial charge in [0.15, 0.2) is 0 Å². The molecule has 0 unspecified atom stereocenters. The second-order valence-electron chi connectivity index (χ2n) is 8.70. The average molecular weight is 504 g/mol. The van der Waals surface area contributed by atoms with Gasteiger partial charge in [0, 0.05) is 10.7 Å². The van der Waals surface area contributed by atoms with E-state index in [1.54, 1.807) is 30.3 Å². The Morgan fingerprint density at radius 2 is 1.35 bits per heavy atom. The maximum absolute atomic E-state index is 13.4. The molecule has 1 saturated carbocycles. The molecule has 0 heterocycles. The van der Waals surface area contributed by atoms with Crippen molar-refractivity contribution in [1.82, 2.24) is 5.43 Å². The summed E-state index contributed by atoms with van der Waals surface area (Å²) in [7, 11) is -3.97. The topological polar surface area (TPSA) is 78.8 Å². The van der Waals surface area contributed by atoms with E-state index in [9.17, 15) is 13.2 Å². The Morgan fingerprint density at radius 3 is 1.91 bits per heavy atom. The molecule has 0 aromatic heterocycles. The number of rotatable bonds is 6. The SMILES string of the molecule is O=C(CN(c1ccccc1)S(=O)(=O)c1ccc(Cl)cc1)NN=C1CCCCCCCCCCC1. The molecule has 0 radical (unpaired) electrons. The number of hydrogen-bond acceptors (Lipinski definition) is 4. The monoisotopic (exact) mass is 503 g/mol. The van der Waals surface area contributed by atoms with Crippen LogP contribution in [0.15, 0.2) is 64.6 Å². The number of halogens is 1. The molecule has 1 aliphatic carbocycles. The fraction of sp³-hybridized carbons (Fsp3) is 0.462. The van der Waals surface area contributed by atoms with Gasteiger partial charge in [-0.05, 0) is 62.1 Å². The Bertz CT molecular complexity index is 1030. The third-order valence-corrected chi connectivity index (χ3v) is 8.04. The normalized spacial score (nSPS) is 16.1. The van der Waals surface area contributed by atoms with E-state index in [2.05, 4.69) is 10.5 Å². The molecular weight excluding hydrogens is 470 g/mol. The molecule has 1 N–H and O–H groups in total. The molecule has 0 saturated heterocycles. The number of carbonyl (C=O) groups is 1. The minimum Gasteiger partial charge on any atom is -0.271 e.